The van der Waals surface area contributed by atoms with Crippen molar-refractivity contribution in [2.45, 2.75) is 45.7 Å². The van der Waals surface area contributed by atoms with E-state index in [0.717, 1.165) is 18.7 Å². The zero-order valence-electron chi connectivity index (χ0n) is 13.0. The Kier molecular flexibility index (Phi) is 6.52. The number of carbonyl (C=O) groups excluding carboxylic acids is 1. The van der Waals surface area contributed by atoms with Crippen LogP contribution in [0.3, 0.4) is 0 Å². The van der Waals surface area contributed by atoms with Crippen LogP contribution in [0, 0.1) is 0 Å². The van der Waals surface area contributed by atoms with Gasteiger partial charge in [0.2, 0.25) is 5.91 Å². The molecule has 0 fully saturated rings. The SMILES string of the molecule is CNC(=O)CCCOc1ccc(CNC(C)(C)C)cc1. The van der Waals surface area contributed by atoms with Gasteiger partial charge in [-0.3, -0.25) is 4.79 Å². The smallest absolute Gasteiger partial charge is 0.219 e. The third-order valence-corrected chi connectivity index (χ3v) is 2.84. The maximum Gasteiger partial charge on any atom is 0.219 e. The van der Waals surface area contributed by atoms with Crippen LogP contribution in [0.5, 0.6) is 5.75 Å². The van der Waals surface area contributed by atoms with E-state index < -0.39 is 0 Å². The van der Waals surface area contributed by atoms with E-state index in [9.17, 15) is 4.79 Å². The molecular weight excluding hydrogens is 252 g/mol. The molecule has 0 radical (unpaired) electrons. The van der Waals surface area contributed by atoms with Crippen LogP contribution in [0.4, 0.5) is 0 Å². The average Bonchev–Trinajstić information content (AvgIpc) is 2.41. The molecule has 0 unspecified atom stereocenters. The lowest BCUT2D eigenvalue weighted by Gasteiger charge is -2.20. The highest BCUT2D eigenvalue weighted by Crippen LogP contribution is 2.13. The van der Waals surface area contributed by atoms with E-state index in [2.05, 4.69) is 43.5 Å². The summed E-state index contributed by atoms with van der Waals surface area (Å²) < 4.78 is 5.60. The maximum absolute atomic E-state index is 11.0. The monoisotopic (exact) mass is 278 g/mol. The van der Waals surface area contributed by atoms with Gasteiger partial charge < -0.3 is 15.4 Å². The van der Waals surface area contributed by atoms with Gasteiger partial charge in [0.25, 0.3) is 0 Å². The third kappa shape index (κ3) is 7.14. The zero-order valence-corrected chi connectivity index (χ0v) is 13.0. The number of benzene rings is 1. The Bertz CT molecular complexity index is 407. The van der Waals surface area contributed by atoms with Gasteiger partial charge in [-0.2, -0.15) is 0 Å². The minimum absolute atomic E-state index is 0.0530. The number of amides is 1. The van der Waals surface area contributed by atoms with Crippen LogP contribution in [-0.2, 0) is 11.3 Å². The second-order valence-corrected chi connectivity index (χ2v) is 5.87. The first kappa shape index (κ1) is 16.5. The Labute approximate surface area is 121 Å². The molecule has 112 valence electrons. The molecule has 0 aliphatic carbocycles. The fraction of sp³-hybridized carbons (Fsp3) is 0.562. The molecule has 0 aromatic heterocycles. The second kappa shape index (κ2) is 7.90. The standard InChI is InChI=1S/C16H26N2O2/c1-16(2,3)18-12-13-7-9-14(10-8-13)20-11-5-6-15(19)17-4/h7-10,18H,5-6,11-12H2,1-4H3,(H,17,19). The number of carbonyl (C=O) groups is 1. The molecule has 0 spiro atoms. The highest BCUT2D eigenvalue weighted by molar-refractivity contribution is 5.75. The molecule has 2 N–H and O–H groups in total. The quantitative estimate of drug-likeness (QED) is 0.753. The summed E-state index contributed by atoms with van der Waals surface area (Å²) in [4.78, 5) is 11.0. The highest BCUT2D eigenvalue weighted by Gasteiger charge is 2.08. The summed E-state index contributed by atoms with van der Waals surface area (Å²) >= 11 is 0. The van der Waals surface area contributed by atoms with Crippen molar-refractivity contribution in [3.05, 3.63) is 29.8 Å². The average molecular weight is 278 g/mol. The fourth-order valence-corrected chi connectivity index (χ4v) is 1.62. The van der Waals surface area contributed by atoms with Crippen LogP contribution in [-0.4, -0.2) is 25.1 Å². The van der Waals surface area contributed by atoms with Gasteiger partial charge in [-0.05, 0) is 44.9 Å². The van der Waals surface area contributed by atoms with Crippen LogP contribution in [0.15, 0.2) is 24.3 Å². The van der Waals surface area contributed by atoms with E-state index in [1.54, 1.807) is 7.05 Å². The van der Waals surface area contributed by atoms with Gasteiger partial charge in [-0.25, -0.2) is 0 Å². The Morgan fingerprint density at radius 2 is 1.85 bits per heavy atom. The number of nitrogens with one attached hydrogen (secondary N) is 2. The minimum Gasteiger partial charge on any atom is -0.494 e. The van der Waals surface area contributed by atoms with Crippen LogP contribution < -0.4 is 15.4 Å². The van der Waals surface area contributed by atoms with Crippen LogP contribution in [0.2, 0.25) is 0 Å². The molecule has 0 heterocycles. The first-order valence-corrected chi connectivity index (χ1v) is 7.08. The lowest BCUT2D eigenvalue weighted by Crippen LogP contribution is -2.35. The number of ether oxygens (including phenoxy) is 1. The predicted molar refractivity (Wildman–Crippen MR) is 81.8 cm³/mol. The number of hydrogen-bond donors (Lipinski definition) is 2. The molecule has 1 aromatic carbocycles. The summed E-state index contributed by atoms with van der Waals surface area (Å²) in [6, 6.07) is 8.07. The van der Waals surface area contributed by atoms with Gasteiger partial charge in [0.15, 0.2) is 0 Å². The summed E-state index contributed by atoms with van der Waals surface area (Å²) in [7, 11) is 1.65. The first-order chi connectivity index (χ1) is 9.40. The Balaban J connectivity index is 2.30. The predicted octanol–water partition coefficient (Wildman–Crippen LogP) is 2.48. The van der Waals surface area contributed by atoms with Crippen LogP contribution >= 0.6 is 0 Å². The van der Waals surface area contributed by atoms with E-state index in [0.29, 0.717) is 13.0 Å². The first-order valence-electron chi connectivity index (χ1n) is 7.08. The van der Waals surface area contributed by atoms with Crippen molar-refractivity contribution in [3.8, 4) is 5.75 Å². The fourth-order valence-electron chi connectivity index (χ4n) is 1.62. The van der Waals surface area contributed by atoms with Crippen molar-refractivity contribution >= 4 is 5.91 Å². The van der Waals surface area contributed by atoms with E-state index in [1.165, 1.54) is 5.56 Å². The molecular formula is C16H26N2O2. The van der Waals surface area contributed by atoms with Gasteiger partial charge in [-0.1, -0.05) is 12.1 Å². The summed E-state index contributed by atoms with van der Waals surface area (Å²) in [6.45, 7) is 7.86. The van der Waals surface area contributed by atoms with Crippen molar-refractivity contribution in [3.63, 3.8) is 0 Å². The minimum atomic E-state index is 0.0530. The highest BCUT2D eigenvalue weighted by atomic mass is 16.5. The van der Waals surface area contributed by atoms with E-state index in [-0.39, 0.29) is 11.4 Å². The number of hydrogen-bond acceptors (Lipinski definition) is 3. The molecule has 0 aliphatic rings. The van der Waals surface area contributed by atoms with Gasteiger partial charge in [0.05, 0.1) is 6.61 Å². The van der Waals surface area contributed by atoms with Crippen molar-refractivity contribution in [2.24, 2.45) is 0 Å². The zero-order chi connectivity index (χ0) is 15.0. The molecule has 1 aromatic rings. The molecule has 4 heteroatoms. The number of rotatable bonds is 7. The Morgan fingerprint density at radius 1 is 1.20 bits per heavy atom. The second-order valence-electron chi connectivity index (χ2n) is 5.87. The molecule has 0 atom stereocenters. The van der Waals surface area contributed by atoms with Gasteiger partial charge in [0, 0.05) is 25.6 Å². The molecule has 0 aliphatic heterocycles. The van der Waals surface area contributed by atoms with Crippen LogP contribution in [0.25, 0.3) is 0 Å². The van der Waals surface area contributed by atoms with Crippen molar-refractivity contribution in [1.82, 2.24) is 10.6 Å². The topological polar surface area (TPSA) is 50.4 Å². The van der Waals surface area contributed by atoms with E-state index in [1.807, 2.05) is 12.1 Å². The summed E-state index contributed by atoms with van der Waals surface area (Å²) in [6.07, 6.45) is 1.23. The molecule has 0 saturated carbocycles. The largest absolute Gasteiger partial charge is 0.494 e. The lowest BCUT2D eigenvalue weighted by atomic mass is 10.1. The Morgan fingerprint density at radius 3 is 2.40 bits per heavy atom. The van der Waals surface area contributed by atoms with Gasteiger partial charge in [0.1, 0.15) is 5.75 Å². The van der Waals surface area contributed by atoms with Gasteiger partial charge >= 0.3 is 0 Å². The summed E-state index contributed by atoms with van der Waals surface area (Å²) in [5.74, 6) is 0.901. The molecule has 4 nitrogen and oxygen atoms in total. The molecule has 1 amide bonds. The van der Waals surface area contributed by atoms with Crippen molar-refractivity contribution < 1.29 is 9.53 Å². The van der Waals surface area contributed by atoms with E-state index >= 15 is 0 Å². The molecule has 0 bridgehead atoms. The van der Waals surface area contributed by atoms with Crippen molar-refractivity contribution in [1.29, 1.82) is 0 Å². The summed E-state index contributed by atoms with van der Waals surface area (Å²) in [5, 5.41) is 6.04. The molecule has 1 rings (SSSR count). The van der Waals surface area contributed by atoms with E-state index in [4.69, 9.17) is 4.74 Å². The molecule has 20 heavy (non-hydrogen) atoms. The van der Waals surface area contributed by atoms with Gasteiger partial charge in [-0.15, -0.1) is 0 Å². The normalized spacial score (nSPS) is 11.2. The summed E-state index contributed by atoms with van der Waals surface area (Å²) in [5.41, 5.74) is 1.35. The Hall–Kier alpha value is -1.55. The lowest BCUT2D eigenvalue weighted by molar-refractivity contribution is -0.120. The maximum atomic E-state index is 11.0. The molecule has 0 saturated heterocycles. The third-order valence-electron chi connectivity index (χ3n) is 2.84. The van der Waals surface area contributed by atoms with Crippen LogP contribution in [0.1, 0.15) is 39.2 Å². The van der Waals surface area contributed by atoms with Crippen molar-refractivity contribution in [2.75, 3.05) is 13.7 Å².